The second-order valence-corrected chi connectivity index (χ2v) is 6.48. The zero-order valence-electron chi connectivity index (χ0n) is 12.3. The molecule has 5 heteroatoms. The van der Waals surface area contributed by atoms with Crippen LogP contribution in [0.4, 0.5) is 0 Å². The third-order valence-electron chi connectivity index (χ3n) is 4.10. The van der Waals surface area contributed by atoms with Gasteiger partial charge < -0.3 is 9.84 Å². The van der Waals surface area contributed by atoms with Gasteiger partial charge in [-0.05, 0) is 71.9 Å². The van der Waals surface area contributed by atoms with E-state index in [4.69, 9.17) is 9.84 Å². The lowest BCUT2D eigenvalue weighted by atomic mass is 9.92. The van der Waals surface area contributed by atoms with Crippen LogP contribution in [0.1, 0.15) is 31.2 Å². The molecule has 0 amide bonds. The predicted molar refractivity (Wildman–Crippen MR) is 85.6 cm³/mol. The lowest BCUT2D eigenvalue weighted by Crippen LogP contribution is -2.33. The number of carboxylic acid groups (broad SMARTS) is 1. The second-order valence-electron chi connectivity index (χ2n) is 5.62. The Bertz CT molecular complexity index is 484. The Morgan fingerprint density at radius 3 is 2.71 bits per heavy atom. The quantitative estimate of drug-likeness (QED) is 0.847. The fraction of sp³-hybridized carbons (Fsp3) is 0.562. The van der Waals surface area contributed by atoms with Crippen molar-refractivity contribution in [1.29, 1.82) is 0 Å². The first-order chi connectivity index (χ1) is 10.1. The second kappa shape index (κ2) is 7.80. The number of carboxylic acids is 1. The molecule has 0 aromatic heterocycles. The molecule has 0 unspecified atom stereocenters. The van der Waals surface area contributed by atoms with Crippen LogP contribution in [0.3, 0.4) is 0 Å². The van der Waals surface area contributed by atoms with E-state index in [0.717, 1.165) is 49.1 Å². The lowest BCUT2D eigenvalue weighted by molar-refractivity contribution is -0.137. The number of nitrogens with zero attached hydrogens (tertiary/aromatic N) is 1. The molecule has 1 aromatic rings. The zero-order chi connectivity index (χ0) is 15.2. The molecule has 1 aromatic carbocycles. The van der Waals surface area contributed by atoms with Crippen LogP contribution >= 0.6 is 15.9 Å². The number of piperidine rings is 1. The molecular formula is C16H22BrNO3. The Hall–Kier alpha value is -1.07. The molecule has 1 saturated heterocycles. The molecule has 1 heterocycles. The highest BCUT2D eigenvalue weighted by Crippen LogP contribution is 2.27. The minimum absolute atomic E-state index is 0.302. The van der Waals surface area contributed by atoms with Crippen LogP contribution in [0, 0.1) is 5.92 Å². The van der Waals surface area contributed by atoms with E-state index < -0.39 is 5.97 Å². The highest BCUT2D eigenvalue weighted by Gasteiger charge is 2.20. The van der Waals surface area contributed by atoms with Gasteiger partial charge in [-0.2, -0.15) is 0 Å². The summed E-state index contributed by atoms with van der Waals surface area (Å²) in [7, 11) is 1.67. The Morgan fingerprint density at radius 1 is 1.43 bits per heavy atom. The maximum absolute atomic E-state index is 10.6. The molecule has 0 saturated carbocycles. The average molecular weight is 356 g/mol. The molecule has 0 aliphatic carbocycles. The predicted octanol–water partition coefficient (Wildman–Crippen LogP) is 3.53. The molecule has 1 aliphatic rings. The van der Waals surface area contributed by atoms with Crippen molar-refractivity contribution >= 4 is 21.9 Å². The van der Waals surface area contributed by atoms with Gasteiger partial charge in [-0.25, -0.2) is 0 Å². The first kappa shape index (κ1) is 16.3. The van der Waals surface area contributed by atoms with Gasteiger partial charge in [0.05, 0.1) is 11.6 Å². The van der Waals surface area contributed by atoms with Crippen LogP contribution in [0.15, 0.2) is 22.7 Å². The molecule has 116 valence electrons. The van der Waals surface area contributed by atoms with Crippen molar-refractivity contribution in [3.05, 3.63) is 28.2 Å². The van der Waals surface area contributed by atoms with E-state index in [0.29, 0.717) is 12.3 Å². The maximum Gasteiger partial charge on any atom is 0.303 e. The minimum Gasteiger partial charge on any atom is -0.496 e. The highest BCUT2D eigenvalue weighted by atomic mass is 79.9. The van der Waals surface area contributed by atoms with Crippen molar-refractivity contribution in [3.8, 4) is 5.75 Å². The number of benzene rings is 1. The van der Waals surface area contributed by atoms with Gasteiger partial charge in [0.25, 0.3) is 0 Å². The van der Waals surface area contributed by atoms with Crippen molar-refractivity contribution in [2.75, 3.05) is 20.2 Å². The van der Waals surface area contributed by atoms with Crippen LogP contribution in [0.25, 0.3) is 0 Å². The topological polar surface area (TPSA) is 49.8 Å². The molecule has 1 aliphatic heterocycles. The molecule has 0 radical (unpaired) electrons. The van der Waals surface area contributed by atoms with E-state index in [1.54, 1.807) is 7.11 Å². The maximum atomic E-state index is 10.6. The Labute approximate surface area is 134 Å². The van der Waals surface area contributed by atoms with Crippen molar-refractivity contribution in [1.82, 2.24) is 4.90 Å². The normalized spacial score (nSPS) is 16.9. The summed E-state index contributed by atoms with van der Waals surface area (Å²) in [5, 5.41) is 8.73. The summed E-state index contributed by atoms with van der Waals surface area (Å²) in [4.78, 5) is 13.0. The first-order valence-corrected chi connectivity index (χ1v) is 8.14. The fourth-order valence-electron chi connectivity index (χ4n) is 2.83. The van der Waals surface area contributed by atoms with Gasteiger partial charge in [0.15, 0.2) is 0 Å². The highest BCUT2D eigenvalue weighted by molar-refractivity contribution is 9.10. The first-order valence-electron chi connectivity index (χ1n) is 7.35. The van der Waals surface area contributed by atoms with Gasteiger partial charge in [-0.15, -0.1) is 0 Å². The summed E-state index contributed by atoms with van der Waals surface area (Å²) >= 11 is 3.52. The molecule has 0 bridgehead atoms. The number of hydrogen-bond donors (Lipinski definition) is 1. The third kappa shape index (κ3) is 5.00. The molecule has 0 atom stereocenters. The molecule has 2 rings (SSSR count). The molecule has 1 fully saturated rings. The third-order valence-corrected chi connectivity index (χ3v) is 4.72. The number of rotatable bonds is 6. The van der Waals surface area contributed by atoms with E-state index in [1.807, 2.05) is 6.07 Å². The van der Waals surface area contributed by atoms with Crippen molar-refractivity contribution in [2.24, 2.45) is 5.92 Å². The summed E-state index contributed by atoms with van der Waals surface area (Å²) < 4.78 is 6.23. The van der Waals surface area contributed by atoms with E-state index in [-0.39, 0.29) is 0 Å². The molecule has 4 nitrogen and oxygen atoms in total. The number of carbonyl (C=O) groups is 1. The number of likely N-dealkylation sites (tertiary alicyclic amines) is 1. The van der Waals surface area contributed by atoms with Crippen LogP contribution in [-0.2, 0) is 11.3 Å². The van der Waals surface area contributed by atoms with Crippen LogP contribution in [0.5, 0.6) is 5.75 Å². The average Bonchev–Trinajstić information content (AvgIpc) is 2.47. The molecular weight excluding hydrogens is 334 g/mol. The van der Waals surface area contributed by atoms with Crippen LogP contribution in [0.2, 0.25) is 0 Å². The van der Waals surface area contributed by atoms with E-state index in [9.17, 15) is 4.79 Å². The van der Waals surface area contributed by atoms with E-state index in [1.165, 1.54) is 5.56 Å². The number of aliphatic carboxylic acids is 1. The number of methoxy groups -OCH3 is 1. The Morgan fingerprint density at radius 2 is 2.14 bits per heavy atom. The number of hydrogen-bond acceptors (Lipinski definition) is 3. The van der Waals surface area contributed by atoms with Crippen LogP contribution in [-0.4, -0.2) is 36.2 Å². The summed E-state index contributed by atoms with van der Waals surface area (Å²) in [5.41, 5.74) is 1.27. The van der Waals surface area contributed by atoms with Gasteiger partial charge in [0.1, 0.15) is 5.75 Å². The van der Waals surface area contributed by atoms with Gasteiger partial charge in [-0.3, -0.25) is 9.69 Å². The Kier molecular flexibility index (Phi) is 6.06. The van der Waals surface area contributed by atoms with Gasteiger partial charge in [0.2, 0.25) is 0 Å². The largest absolute Gasteiger partial charge is 0.496 e. The van der Waals surface area contributed by atoms with Gasteiger partial charge >= 0.3 is 5.97 Å². The standard InChI is InChI=1S/C16H22BrNO3/c1-21-15-4-2-13(10-14(15)17)11-18-8-6-12(7-9-18)3-5-16(19)20/h2,4,10,12H,3,5-9,11H2,1H3,(H,19,20). The van der Waals surface area contributed by atoms with E-state index in [2.05, 4.69) is 33.0 Å². The summed E-state index contributed by atoms with van der Waals surface area (Å²) in [6.45, 7) is 3.04. The lowest BCUT2D eigenvalue weighted by Gasteiger charge is -2.31. The smallest absolute Gasteiger partial charge is 0.303 e. The number of halogens is 1. The van der Waals surface area contributed by atoms with Gasteiger partial charge in [-0.1, -0.05) is 6.07 Å². The van der Waals surface area contributed by atoms with Gasteiger partial charge in [0, 0.05) is 13.0 Å². The number of ether oxygens (including phenoxy) is 1. The molecule has 1 N–H and O–H groups in total. The zero-order valence-corrected chi connectivity index (χ0v) is 13.9. The van der Waals surface area contributed by atoms with Crippen molar-refractivity contribution in [2.45, 2.75) is 32.2 Å². The van der Waals surface area contributed by atoms with Crippen molar-refractivity contribution < 1.29 is 14.6 Å². The fourth-order valence-corrected chi connectivity index (χ4v) is 3.42. The molecule has 0 spiro atoms. The molecule has 21 heavy (non-hydrogen) atoms. The summed E-state index contributed by atoms with van der Waals surface area (Å²) in [6, 6.07) is 6.19. The van der Waals surface area contributed by atoms with Crippen LogP contribution < -0.4 is 4.74 Å². The van der Waals surface area contributed by atoms with Crippen molar-refractivity contribution in [3.63, 3.8) is 0 Å². The summed E-state index contributed by atoms with van der Waals surface area (Å²) in [5.74, 6) is 0.742. The SMILES string of the molecule is COc1ccc(CN2CCC(CCC(=O)O)CC2)cc1Br. The summed E-state index contributed by atoms with van der Waals surface area (Å²) in [6.07, 6.45) is 3.32. The Balaban J connectivity index is 1.80. The van der Waals surface area contributed by atoms with E-state index >= 15 is 0 Å². The minimum atomic E-state index is -0.680. The monoisotopic (exact) mass is 355 g/mol.